The van der Waals surface area contributed by atoms with Gasteiger partial charge in [-0.1, -0.05) is 0 Å². The normalized spacial score (nSPS) is 12.7. The summed E-state index contributed by atoms with van der Waals surface area (Å²) in [7, 11) is -0.0223. The summed E-state index contributed by atoms with van der Waals surface area (Å²) in [6.07, 6.45) is 0. The van der Waals surface area contributed by atoms with Crippen LogP contribution in [0.5, 0.6) is 0 Å². The zero-order valence-electron chi connectivity index (χ0n) is 4.93. The lowest BCUT2D eigenvalue weighted by Crippen LogP contribution is -2.12. The van der Waals surface area contributed by atoms with Gasteiger partial charge >= 0.3 is 5.97 Å². The van der Waals surface area contributed by atoms with Crippen LogP contribution in [0, 0.1) is 0 Å². The maximum Gasteiger partial charge on any atom is 0.318 e. The van der Waals surface area contributed by atoms with Gasteiger partial charge in [0, 0.05) is 10.8 Å². The van der Waals surface area contributed by atoms with E-state index in [1.54, 1.807) is 0 Å². The number of carbonyl (C=O) groups excluding carboxylic acids is 1. The molecule has 1 atom stereocenters. The van der Waals surface area contributed by atoms with Crippen molar-refractivity contribution in [3.8, 4) is 0 Å². The Morgan fingerprint density at radius 1 is 1.78 bits per heavy atom. The second-order valence-electron chi connectivity index (χ2n) is 1.27. The molecule has 0 aromatic heterocycles. The average molecular weight is 171 g/mol. The third kappa shape index (κ3) is 4.42. The van der Waals surface area contributed by atoms with E-state index in [-0.39, 0.29) is 11.0 Å². The topological polar surface area (TPSA) is 43.4 Å². The van der Waals surface area contributed by atoms with Crippen LogP contribution in [0.1, 0.15) is 0 Å². The Bertz CT molecular complexity index is 111. The van der Waals surface area contributed by atoms with Crippen molar-refractivity contribution in [2.45, 2.75) is 0 Å². The Morgan fingerprint density at radius 2 is 2.33 bits per heavy atom. The van der Waals surface area contributed by atoms with Gasteiger partial charge in [-0.05, 0) is 0 Å². The molecule has 0 rings (SSSR count). The minimum absolute atomic E-state index is 0.0187. The first-order valence-electron chi connectivity index (χ1n) is 2.18. The molecule has 0 saturated carbocycles. The zero-order valence-corrected chi connectivity index (χ0v) is 6.50. The Hall–Kier alpha value is -0.0900. The van der Waals surface area contributed by atoms with E-state index in [0.29, 0.717) is 0 Å². The van der Waals surface area contributed by atoms with Crippen LogP contribution in [-0.2, 0) is 20.3 Å². The molecule has 3 nitrogen and oxygen atoms in total. The molecule has 9 heavy (non-hydrogen) atoms. The first-order valence-corrected chi connectivity index (χ1v) is 4.20. The van der Waals surface area contributed by atoms with E-state index >= 15 is 0 Å². The Morgan fingerprint density at radius 3 is 2.67 bits per heavy atom. The lowest BCUT2D eigenvalue weighted by molar-refractivity contribution is -0.137. The highest BCUT2D eigenvalue weighted by Crippen LogP contribution is 1.87. The van der Waals surface area contributed by atoms with Crippen LogP contribution in [0.3, 0.4) is 0 Å². The van der Waals surface area contributed by atoms with Gasteiger partial charge in [0.25, 0.3) is 0 Å². The summed E-state index contributed by atoms with van der Waals surface area (Å²) in [5, 5.41) is -0.0187. The van der Waals surface area contributed by atoms with Crippen molar-refractivity contribution in [1.82, 2.24) is 0 Å². The molecule has 0 heterocycles. The molecule has 0 fully saturated rings. The maximum absolute atomic E-state index is 10.5. The molecule has 0 bridgehead atoms. The number of rotatable bonds is 3. The molecule has 0 radical (unpaired) electrons. The van der Waals surface area contributed by atoms with Crippen molar-refractivity contribution >= 4 is 28.4 Å². The Kier molecular flexibility index (Phi) is 4.71. The van der Waals surface area contributed by atoms with Gasteiger partial charge in [-0.3, -0.25) is 9.00 Å². The monoisotopic (exact) mass is 170 g/mol. The van der Waals surface area contributed by atoms with Gasteiger partial charge in [0.2, 0.25) is 0 Å². The smallest absolute Gasteiger partial charge is 0.318 e. The highest BCUT2D eigenvalue weighted by atomic mass is 35.5. The predicted octanol–water partition coefficient (Wildman–Crippen LogP) is 0.104. The summed E-state index contributed by atoms with van der Waals surface area (Å²) in [4.78, 5) is 10.3. The number of hydrogen-bond acceptors (Lipinski definition) is 3. The summed E-state index contributed by atoms with van der Waals surface area (Å²) in [5.74, 6) is -0.603. The quantitative estimate of drug-likeness (QED) is 0.446. The fourth-order valence-corrected chi connectivity index (χ4v) is 0.918. The molecule has 0 aliphatic rings. The van der Waals surface area contributed by atoms with Gasteiger partial charge in [-0.25, -0.2) is 0 Å². The van der Waals surface area contributed by atoms with Crippen LogP contribution in [0.25, 0.3) is 0 Å². The van der Waals surface area contributed by atoms with E-state index in [0.717, 1.165) is 0 Å². The number of methoxy groups -OCH3 is 1. The second-order valence-corrected chi connectivity index (χ2v) is 3.31. The minimum Gasteiger partial charge on any atom is -0.468 e. The molecular weight excluding hydrogens is 164 g/mol. The van der Waals surface area contributed by atoms with E-state index in [1.807, 2.05) is 0 Å². The number of alkyl halides is 1. The first kappa shape index (κ1) is 8.91. The van der Waals surface area contributed by atoms with Crippen molar-refractivity contribution in [2.75, 3.05) is 18.1 Å². The summed E-state index contributed by atoms with van der Waals surface area (Å²) in [6.45, 7) is 0. The highest BCUT2D eigenvalue weighted by molar-refractivity contribution is 7.86. The standard InChI is InChI=1S/C4H7ClO3S/c1-8-4(6)2-9(7)3-5/h2-3H2,1H3. The number of hydrogen-bond donors (Lipinski definition) is 0. The van der Waals surface area contributed by atoms with Gasteiger partial charge in [0.05, 0.1) is 12.3 Å². The number of esters is 1. The van der Waals surface area contributed by atoms with E-state index < -0.39 is 16.8 Å². The first-order chi connectivity index (χ1) is 4.20. The molecule has 0 aliphatic carbocycles. The summed E-state index contributed by atoms with van der Waals surface area (Å²) >= 11 is 5.15. The minimum atomic E-state index is -1.27. The maximum atomic E-state index is 10.5. The molecule has 0 spiro atoms. The van der Waals surface area contributed by atoms with E-state index in [2.05, 4.69) is 4.74 Å². The van der Waals surface area contributed by atoms with Crippen LogP contribution in [0.15, 0.2) is 0 Å². The third-order valence-electron chi connectivity index (χ3n) is 0.628. The van der Waals surface area contributed by atoms with Gasteiger partial charge in [-0.15, -0.1) is 11.6 Å². The number of carbonyl (C=O) groups is 1. The second kappa shape index (κ2) is 4.76. The number of ether oxygens (including phenoxy) is 1. The van der Waals surface area contributed by atoms with Crippen molar-refractivity contribution in [2.24, 2.45) is 0 Å². The lowest BCUT2D eigenvalue weighted by atomic mass is 10.8. The summed E-state index contributed by atoms with van der Waals surface area (Å²) in [6, 6.07) is 0. The van der Waals surface area contributed by atoms with Crippen molar-refractivity contribution in [3.05, 3.63) is 0 Å². The fraction of sp³-hybridized carbons (Fsp3) is 0.750. The van der Waals surface area contributed by atoms with Gasteiger partial charge in [0.15, 0.2) is 0 Å². The van der Waals surface area contributed by atoms with Crippen LogP contribution < -0.4 is 0 Å². The number of halogens is 1. The van der Waals surface area contributed by atoms with Gasteiger partial charge < -0.3 is 4.74 Å². The van der Waals surface area contributed by atoms with Crippen LogP contribution in [-0.4, -0.2) is 28.3 Å². The van der Waals surface area contributed by atoms with Crippen molar-refractivity contribution in [1.29, 1.82) is 0 Å². The Balaban J connectivity index is 3.47. The fourth-order valence-electron chi connectivity index (χ4n) is 0.229. The molecule has 54 valence electrons. The molecule has 0 aromatic rings. The highest BCUT2D eigenvalue weighted by Gasteiger charge is 2.04. The van der Waals surface area contributed by atoms with E-state index in [9.17, 15) is 9.00 Å². The van der Waals surface area contributed by atoms with Crippen LogP contribution in [0.4, 0.5) is 0 Å². The van der Waals surface area contributed by atoms with Crippen molar-refractivity contribution in [3.63, 3.8) is 0 Å². The van der Waals surface area contributed by atoms with Gasteiger partial charge in [0.1, 0.15) is 5.75 Å². The molecule has 0 N–H and O–H groups in total. The van der Waals surface area contributed by atoms with E-state index in [1.165, 1.54) is 7.11 Å². The molecule has 0 aliphatic heterocycles. The molecule has 0 aromatic carbocycles. The third-order valence-corrected chi connectivity index (χ3v) is 2.16. The predicted molar refractivity (Wildman–Crippen MR) is 35.7 cm³/mol. The molecule has 0 amide bonds. The molecular formula is C4H7ClO3S. The van der Waals surface area contributed by atoms with Crippen molar-refractivity contribution < 1.29 is 13.7 Å². The SMILES string of the molecule is COC(=O)CS(=O)CCl. The molecule has 1 unspecified atom stereocenters. The Labute approximate surface area is 60.8 Å². The largest absolute Gasteiger partial charge is 0.468 e. The molecule has 0 saturated heterocycles. The zero-order chi connectivity index (χ0) is 7.28. The van der Waals surface area contributed by atoms with Crippen LogP contribution >= 0.6 is 11.6 Å². The lowest BCUT2D eigenvalue weighted by Gasteiger charge is -1.94. The summed E-state index contributed by atoms with van der Waals surface area (Å²) in [5.41, 5.74) is 0. The van der Waals surface area contributed by atoms with Crippen LogP contribution in [0.2, 0.25) is 0 Å². The van der Waals surface area contributed by atoms with E-state index in [4.69, 9.17) is 11.6 Å². The summed E-state index contributed by atoms with van der Waals surface area (Å²) < 4.78 is 14.7. The van der Waals surface area contributed by atoms with Gasteiger partial charge in [-0.2, -0.15) is 0 Å². The average Bonchev–Trinajstić information content (AvgIpc) is 1.87. The molecule has 5 heteroatoms.